The second-order valence-electron chi connectivity index (χ2n) is 7.52. The van der Waals surface area contributed by atoms with Crippen molar-refractivity contribution in [2.45, 2.75) is 49.6 Å². The highest BCUT2D eigenvalue weighted by Crippen LogP contribution is 2.45. The minimum Gasteiger partial charge on any atom is -0.483 e. The Morgan fingerprint density at radius 1 is 1.27 bits per heavy atom. The Balaban J connectivity index is 1.66. The zero-order valence-electron chi connectivity index (χ0n) is 16.8. The van der Waals surface area contributed by atoms with Crippen molar-refractivity contribution >= 4 is 22.9 Å². The Bertz CT molecular complexity index is 814. The summed E-state index contributed by atoms with van der Waals surface area (Å²) in [4.78, 5) is 4.39. The predicted molar refractivity (Wildman–Crippen MR) is 114 cm³/mol. The van der Waals surface area contributed by atoms with E-state index in [2.05, 4.69) is 11.9 Å². The first-order chi connectivity index (χ1) is 14.3. The van der Waals surface area contributed by atoms with Gasteiger partial charge in [0.15, 0.2) is 5.06 Å². The maximum absolute atomic E-state index is 10.9. The first kappa shape index (κ1) is 23.4. The number of rotatable bonds is 9. The molecule has 0 amide bonds. The molecule has 4 N–H and O–H groups in total. The highest BCUT2D eigenvalue weighted by atomic mass is 35.5. The van der Waals surface area contributed by atoms with Crippen molar-refractivity contribution in [3.63, 3.8) is 0 Å². The quantitative estimate of drug-likeness (QED) is 0.338. The van der Waals surface area contributed by atoms with Gasteiger partial charge < -0.3 is 29.9 Å². The number of aromatic nitrogens is 1. The van der Waals surface area contributed by atoms with Crippen molar-refractivity contribution in [2.75, 3.05) is 19.8 Å². The standard InChI is InChI=1S/C21H28ClNO6S/c1-2-3-4-9-28-18-11-23-17(30-18)10-14-5-7-16(8-6-14)21(27)20(22,26)19(25)15(12-24)13-29-21/h5-8,11,15,19,24-27H,2-4,9-10,12-13H2,1H3/t15-,19+,20+,21-/m1/s1. The van der Waals surface area contributed by atoms with Crippen LogP contribution < -0.4 is 4.74 Å². The molecule has 2 heterocycles. The molecule has 7 nitrogen and oxygen atoms in total. The molecule has 1 fully saturated rings. The van der Waals surface area contributed by atoms with Gasteiger partial charge >= 0.3 is 0 Å². The molecule has 3 rings (SSSR count). The summed E-state index contributed by atoms with van der Waals surface area (Å²) in [6, 6.07) is 6.73. The molecule has 166 valence electrons. The lowest BCUT2D eigenvalue weighted by Gasteiger charge is -2.48. The van der Waals surface area contributed by atoms with Crippen molar-refractivity contribution in [3.8, 4) is 5.06 Å². The molecule has 0 saturated carbocycles. The van der Waals surface area contributed by atoms with Gasteiger partial charge in [-0.3, -0.25) is 0 Å². The van der Waals surface area contributed by atoms with Crippen LogP contribution in [0.1, 0.15) is 42.3 Å². The number of halogens is 1. The van der Waals surface area contributed by atoms with Gasteiger partial charge in [0.2, 0.25) is 10.8 Å². The molecule has 2 aromatic rings. The van der Waals surface area contributed by atoms with Gasteiger partial charge in [0, 0.05) is 17.9 Å². The van der Waals surface area contributed by atoms with E-state index in [9.17, 15) is 20.4 Å². The molecule has 0 spiro atoms. The van der Waals surface area contributed by atoms with E-state index < -0.39 is 29.5 Å². The number of aliphatic hydroxyl groups is 4. The van der Waals surface area contributed by atoms with E-state index in [1.54, 1.807) is 30.5 Å². The van der Waals surface area contributed by atoms with Crippen molar-refractivity contribution in [3.05, 3.63) is 46.6 Å². The van der Waals surface area contributed by atoms with Crippen LogP contribution in [-0.4, -0.2) is 56.4 Å². The fourth-order valence-corrected chi connectivity index (χ4v) is 4.53. The van der Waals surface area contributed by atoms with Gasteiger partial charge in [-0.2, -0.15) is 0 Å². The zero-order valence-corrected chi connectivity index (χ0v) is 18.4. The Kier molecular flexibility index (Phi) is 7.73. The summed E-state index contributed by atoms with van der Waals surface area (Å²) in [6.45, 7) is 2.26. The normalized spacial score (nSPS) is 29.1. The zero-order chi connectivity index (χ0) is 21.8. The predicted octanol–water partition coefficient (Wildman–Crippen LogP) is 2.38. The van der Waals surface area contributed by atoms with Crippen LogP contribution in [0.5, 0.6) is 5.06 Å². The number of hydrogen-bond donors (Lipinski definition) is 4. The van der Waals surface area contributed by atoms with Gasteiger partial charge in [-0.05, 0) is 12.0 Å². The van der Waals surface area contributed by atoms with Crippen LogP contribution in [0.4, 0.5) is 0 Å². The Labute approximate surface area is 184 Å². The minimum atomic E-state index is -2.50. The number of benzene rings is 1. The highest BCUT2D eigenvalue weighted by Gasteiger charge is 2.60. The lowest BCUT2D eigenvalue weighted by molar-refractivity contribution is -0.342. The average molecular weight is 458 g/mol. The van der Waals surface area contributed by atoms with E-state index in [0.29, 0.717) is 13.0 Å². The van der Waals surface area contributed by atoms with Crippen molar-refractivity contribution < 1.29 is 29.9 Å². The van der Waals surface area contributed by atoms with Gasteiger partial charge in [0.25, 0.3) is 0 Å². The molecule has 9 heteroatoms. The van der Waals surface area contributed by atoms with Crippen LogP contribution in [0.15, 0.2) is 30.5 Å². The monoisotopic (exact) mass is 457 g/mol. The molecule has 4 atom stereocenters. The number of alkyl halides is 1. The summed E-state index contributed by atoms with van der Waals surface area (Å²) in [5, 5.41) is 40.1. The molecule has 1 aromatic carbocycles. The first-order valence-corrected chi connectivity index (χ1v) is 11.2. The average Bonchev–Trinajstić information content (AvgIpc) is 3.18. The molecule has 1 saturated heterocycles. The van der Waals surface area contributed by atoms with E-state index in [1.807, 2.05) is 0 Å². The number of hydrogen-bond acceptors (Lipinski definition) is 8. The van der Waals surface area contributed by atoms with Gasteiger partial charge in [-0.1, -0.05) is 67.0 Å². The second-order valence-corrected chi connectivity index (χ2v) is 9.17. The molecule has 0 aliphatic carbocycles. The molecule has 1 aromatic heterocycles. The lowest BCUT2D eigenvalue weighted by Crippen LogP contribution is -2.64. The van der Waals surface area contributed by atoms with Crippen LogP contribution >= 0.6 is 22.9 Å². The topological polar surface area (TPSA) is 112 Å². The van der Waals surface area contributed by atoms with E-state index in [0.717, 1.165) is 34.9 Å². The van der Waals surface area contributed by atoms with E-state index >= 15 is 0 Å². The highest BCUT2D eigenvalue weighted by molar-refractivity contribution is 7.13. The minimum absolute atomic E-state index is 0.148. The Hall–Kier alpha value is -1.26. The van der Waals surface area contributed by atoms with Crippen LogP contribution in [-0.2, 0) is 16.9 Å². The van der Waals surface area contributed by atoms with Crippen LogP contribution in [0, 0.1) is 5.92 Å². The van der Waals surface area contributed by atoms with Crippen molar-refractivity contribution in [2.24, 2.45) is 5.92 Å². The summed E-state index contributed by atoms with van der Waals surface area (Å²) < 4.78 is 11.1. The molecule has 1 aliphatic heterocycles. The molecule has 0 unspecified atom stereocenters. The SMILES string of the molecule is CCCCCOc1cnc(Cc2ccc([C@@]3(O)OC[C@@H](CO)[C@H](O)[C@@]3(O)Cl)cc2)s1. The van der Waals surface area contributed by atoms with Crippen molar-refractivity contribution in [1.29, 1.82) is 0 Å². The van der Waals surface area contributed by atoms with Gasteiger partial charge in [0.1, 0.15) is 11.1 Å². The van der Waals surface area contributed by atoms with Gasteiger partial charge in [-0.15, -0.1) is 0 Å². The third-order valence-corrected chi connectivity index (χ3v) is 6.67. The van der Waals surface area contributed by atoms with Gasteiger partial charge in [-0.25, -0.2) is 4.98 Å². The number of unbranched alkanes of at least 4 members (excludes halogenated alkanes) is 2. The number of ether oxygens (including phenoxy) is 2. The maximum Gasteiger partial charge on any atom is 0.239 e. The van der Waals surface area contributed by atoms with Gasteiger partial charge in [0.05, 0.1) is 26.0 Å². The van der Waals surface area contributed by atoms with Crippen molar-refractivity contribution in [1.82, 2.24) is 4.98 Å². The van der Waals surface area contributed by atoms with E-state index in [-0.39, 0.29) is 12.2 Å². The molecular formula is C21H28ClNO6S. The maximum atomic E-state index is 10.9. The Morgan fingerprint density at radius 3 is 2.67 bits per heavy atom. The second kappa shape index (κ2) is 9.91. The fourth-order valence-electron chi connectivity index (χ4n) is 3.36. The fraction of sp³-hybridized carbons (Fsp3) is 0.571. The van der Waals surface area contributed by atoms with E-state index in [1.165, 1.54) is 11.3 Å². The summed E-state index contributed by atoms with van der Waals surface area (Å²) >= 11 is 7.56. The molecule has 1 aliphatic rings. The number of thiazole rings is 1. The molecule has 0 radical (unpaired) electrons. The Morgan fingerprint density at radius 2 is 2.00 bits per heavy atom. The third-order valence-electron chi connectivity index (χ3n) is 5.28. The summed E-state index contributed by atoms with van der Waals surface area (Å²) in [7, 11) is 0. The van der Waals surface area contributed by atoms with E-state index in [4.69, 9.17) is 21.1 Å². The largest absolute Gasteiger partial charge is 0.483 e. The summed E-state index contributed by atoms with van der Waals surface area (Å²) in [5.41, 5.74) is 1.15. The molecular weight excluding hydrogens is 430 g/mol. The number of aliphatic hydroxyl groups excluding tert-OH is 2. The number of nitrogens with zero attached hydrogens (tertiary/aromatic N) is 1. The van der Waals surface area contributed by atoms with Crippen LogP contribution in [0.2, 0.25) is 0 Å². The first-order valence-electron chi connectivity index (χ1n) is 10.0. The van der Waals surface area contributed by atoms with Crippen LogP contribution in [0.3, 0.4) is 0 Å². The molecule has 0 bridgehead atoms. The van der Waals surface area contributed by atoms with Crippen LogP contribution in [0.25, 0.3) is 0 Å². The third kappa shape index (κ3) is 4.80. The summed E-state index contributed by atoms with van der Waals surface area (Å²) in [6.07, 6.45) is 4.07. The molecule has 30 heavy (non-hydrogen) atoms. The lowest BCUT2D eigenvalue weighted by atomic mass is 9.86. The summed E-state index contributed by atoms with van der Waals surface area (Å²) in [5.74, 6) is -3.10. The smallest absolute Gasteiger partial charge is 0.239 e.